The van der Waals surface area contributed by atoms with Crippen LogP contribution in [0.2, 0.25) is 0 Å². The molecule has 0 amide bonds. The third-order valence-electron chi connectivity index (χ3n) is 1.73. The van der Waals surface area contributed by atoms with Crippen LogP contribution >= 0.6 is 0 Å². The number of nitrogens with zero attached hydrogens (tertiary/aromatic N) is 2. The van der Waals surface area contributed by atoms with Gasteiger partial charge in [0.1, 0.15) is 23.5 Å². The summed E-state index contributed by atoms with van der Waals surface area (Å²) in [7, 11) is 0. The van der Waals surface area contributed by atoms with Crippen molar-refractivity contribution in [3.8, 4) is 24.5 Å². The fraction of sp³-hybridized carbons (Fsp3) is 0. The molecule has 15 heavy (non-hydrogen) atoms. The molecule has 2 nitrogen and oxygen atoms in total. The van der Waals surface area contributed by atoms with Crippen LogP contribution in [0, 0.1) is 40.8 Å². The van der Waals surface area contributed by atoms with Crippen molar-refractivity contribution in [3.05, 3.63) is 40.7 Å². The largest absolute Gasteiger partial charge is 0.206 e. The van der Waals surface area contributed by atoms with Crippen LogP contribution in [0.3, 0.4) is 0 Å². The lowest BCUT2D eigenvalue weighted by atomic mass is 10.1. The first-order chi connectivity index (χ1) is 7.22. The summed E-state index contributed by atoms with van der Waals surface area (Å²) in [5, 5.41) is 17.1. The van der Waals surface area contributed by atoms with E-state index in [2.05, 4.69) is 5.92 Å². The molecule has 0 N–H and O–H groups in total. The smallest absolute Gasteiger partial charge is 0.139 e. The van der Waals surface area contributed by atoms with Crippen molar-refractivity contribution in [1.82, 2.24) is 0 Å². The summed E-state index contributed by atoms with van der Waals surface area (Å²) in [6.45, 7) is 0. The number of hydrogen-bond donors (Lipinski definition) is 0. The van der Waals surface area contributed by atoms with Gasteiger partial charge in [0.05, 0.1) is 5.56 Å². The van der Waals surface area contributed by atoms with Gasteiger partial charge in [-0.3, -0.25) is 0 Å². The van der Waals surface area contributed by atoms with E-state index in [1.54, 1.807) is 18.2 Å². The van der Waals surface area contributed by atoms with Crippen LogP contribution in [0.4, 0.5) is 4.39 Å². The predicted molar refractivity (Wildman–Crippen MR) is 53.5 cm³/mol. The van der Waals surface area contributed by atoms with Crippen molar-refractivity contribution < 1.29 is 4.39 Å². The zero-order valence-corrected chi connectivity index (χ0v) is 7.66. The summed E-state index contributed by atoms with van der Waals surface area (Å²) in [4.78, 5) is 0. The molecule has 0 saturated carbocycles. The lowest BCUT2D eigenvalue weighted by Crippen LogP contribution is -1.88. The zero-order chi connectivity index (χ0) is 11.3. The van der Waals surface area contributed by atoms with Crippen molar-refractivity contribution in [2.75, 3.05) is 0 Å². The minimum atomic E-state index is -0.540. The van der Waals surface area contributed by atoms with Crippen LogP contribution in [0.15, 0.2) is 23.8 Å². The average Bonchev–Trinajstić information content (AvgIpc) is 2.26. The summed E-state index contributed by atoms with van der Waals surface area (Å²) < 4.78 is 13.2. The molecule has 0 radical (unpaired) electrons. The number of terminal acetylenes is 1. The van der Waals surface area contributed by atoms with Crippen molar-refractivity contribution in [2.24, 2.45) is 0 Å². The van der Waals surface area contributed by atoms with E-state index in [1.807, 2.05) is 0 Å². The molecule has 0 spiro atoms. The standard InChI is InChI=1S/C12H5FN2/c1-2-11-10(4-3-5-12(11)13)6-9(7-14)8-15/h1,3-6H. The Kier molecular flexibility index (Phi) is 3.23. The Hall–Kier alpha value is -2.57. The molecule has 70 valence electrons. The summed E-state index contributed by atoms with van der Waals surface area (Å²) in [6, 6.07) is 7.60. The van der Waals surface area contributed by atoms with Gasteiger partial charge in [-0.1, -0.05) is 18.1 Å². The van der Waals surface area contributed by atoms with E-state index < -0.39 is 5.82 Å². The van der Waals surface area contributed by atoms with Gasteiger partial charge in [-0.25, -0.2) is 4.39 Å². The van der Waals surface area contributed by atoms with Gasteiger partial charge in [0.2, 0.25) is 0 Å². The average molecular weight is 196 g/mol. The molecule has 3 heteroatoms. The highest BCUT2D eigenvalue weighted by molar-refractivity contribution is 5.66. The van der Waals surface area contributed by atoms with Crippen molar-refractivity contribution in [1.29, 1.82) is 10.5 Å². The Labute approximate surface area is 86.9 Å². The third kappa shape index (κ3) is 2.21. The summed E-state index contributed by atoms with van der Waals surface area (Å²) >= 11 is 0. The molecule has 0 saturated heterocycles. The van der Waals surface area contributed by atoms with Gasteiger partial charge in [-0.05, 0) is 17.7 Å². The minimum Gasteiger partial charge on any atom is -0.206 e. The maximum Gasteiger partial charge on any atom is 0.139 e. The fourth-order valence-electron chi connectivity index (χ4n) is 1.06. The molecule has 0 heterocycles. The van der Waals surface area contributed by atoms with Gasteiger partial charge in [-0.15, -0.1) is 6.42 Å². The second-order valence-electron chi connectivity index (χ2n) is 2.63. The van der Waals surface area contributed by atoms with E-state index in [9.17, 15) is 4.39 Å². The van der Waals surface area contributed by atoms with Crippen molar-refractivity contribution >= 4 is 6.08 Å². The van der Waals surface area contributed by atoms with Crippen molar-refractivity contribution in [2.45, 2.75) is 0 Å². The number of benzene rings is 1. The van der Waals surface area contributed by atoms with Crippen LogP contribution < -0.4 is 0 Å². The number of hydrogen-bond acceptors (Lipinski definition) is 2. The molecule has 0 aliphatic rings. The molecule has 0 bridgehead atoms. The Morgan fingerprint density at radius 2 is 2.00 bits per heavy atom. The first kappa shape index (κ1) is 10.5. The molecule has 1 aromatic carbocycles. The topological polar surface area (TPSA) is 47.6 Å². The summed E-state index contributed by atoms with van der Waals surface area (Å²) in [6.07, 6.45) is 6.39. The molecule has 1 rings (SSSR count). The highest BCUT2D eigenvalue weighted by Gasteiger charge is 2.04. The maximum absolute atomic E-state index is 13.2. The first-order valence-corrected chi connectivity index (χ1v) is 4.00. The zero-order valence-electron chi connectivity index (χ0n) is 7.66. The monoisotopic (exact) mass is 196 g/mol. The lowest BCUT2D eigenvalue weighted by Gasteiger charge is -1.99. The van der Waals surface area contributed by atoms with Gasteiger partial charge < -0.3 is 0 Å². The highest BCUT2D eigenvalue weighted by Crippen LogP contribution is 2.15. The molecular formula is C12H5FN2. The van der Waals surface area contributed by atoms with Crippen LogP contribution in [0.1, 0.15) is 11.1 Å². The minimum absolute atomic E-state index is 0.0560. The number of nitriles is 2. The van der Waals surface area contributed by atoms with E-state index in [1.165, 1.54) is 18.2 Å². The number of halogens is 1. The molecule has 0 aliphatic heterocycles. The fourth-order valence-corrected chi connectivity index (χ4v) is 1.06. The molecule has 0 atom stereocenters. The Bertz CT molecular complexity index is 520. The van der Waals surface area contributed by atoms with Crippen molar-refractivity contribution in [3.63, 3.8) is 0 Å². The van der Waals surface area contributed by atoms with Crippen LogP contribution in [-0.4, -0.2) is 0 Å². The Morgan fingerprint density at radius 3 is 2.53 bits per heavy atom. The lowest BCUT2D eigenvalue weighted by molar-refractivity contribution is 0.624. The van der Waals surface area contributed by atoms with E-state index >= 15 is 0 Å². The second kappa shape index (κ2) is 4.61. The van der Waals surface area contributed by atoms with Gasteiger partial charge in [-0.2, -0.15) is 10.5 Å². The van der Waals surface area contributed by atoms with Crippen LogP contribution in [0.5, 0.6) is 0 Å². The second-order valence-corrected chi connectivity index (χ2v) is 2.63. The molecule has 0 aromatic heterocycles. The Morgan fingerprint density at radius 1 is 1.33 bits per heavy atom. The summed E-state index contributed by atoms with van der Waals surface area (Å²) in [5.74, 6) is 1.64. The Balaban J connectivity index is 3.37. The quantitative estimate of drug-likeness (QED) is 0.510. The van der Waals surface area contributed by atoms with Gasteiger partial charge in [0, 0.05) is 0 Å². The maximum atomic E-state index is 13.2. The highest BCUT2D eigenvalue weighted by atomic mass is 19.1. The molecule has 0 unspecified atom stereocenters. The van der Waals surface area contributed by atoms with E-state index in [0.717, 1.165) is 0 Å². The molecule has 0 aliphatic carbocycles. The first-order valence-electron chi connectivity index (χ1n) is 4.00. The van der Waals surface area contributed by atoms with E-state index in [4.69, 9.17) is 16.9 Å². The predicted octanol–water partition coefficient (Wildman–Crippen LogP) is 2.24. The number of rotatable bonds is 1. The SMILES string of the molecule is C#Cc1c(F)cccc1C=C(C#N)C#N. The van der Waals surface area contributed by atoms with E-state index in [-0.39, 0.29) is 11.1 Å². The molecule has 1 aromatic rings. The van der Waals surface area contributed by atoms with E-state index in [0.29, 0.717) is 5.56 Å². The van der Waals surface area contributed by atoms with Gasteiger partial charge in [0.25, 0.3) is 0 Å². The van der Waals surface area contributed by atoms with Gasteiger partial charge >= 0.3 is 0 Å². The number of allylic oxidation sites excluding steroid dienone is 1. The van der Waals surface area contributed by atoms with Crippen LogP contribution in [0.25, 0.3) is 6.08 Å². The third-order valence-corrected chi connectivity index (χ3v) is 1.73. The normalized spacial score (nSPS) is 8.13. The molecular weight excluding hydrogens is 191 g/mol. The van der Waals surface area contributed by atoms with Gasteiger partial charge in [0.15, 0.2) is 0 Å². The van der Waals surface area contributed by atoms with Crippen LogP contribution in [-0.2, 0) is 0 Å². The molecule has 0 fully saturated rings. The summed E-state index contributed by atoms with van der Waals surface area (Å²) in [5.41, 5.74) is 0.299.